The van der Waals surface area contributed by atoms with Gasteiger partial charge < -0.3 is 14.3 Å². The van der Waals surface area contributed by atoms with Crippen LogP contribution in [0.5, 0.6) is 11.5 Å². The van der Waals surface area contributed by atoms with Crippen LogP contribution in [0, 0.1) is 0 Å². The van der Waals surface area contributed by atoms with Gasteiger partial charge in [0.05, 0.1) is 6.61 Å². The largest absolute Gasteiger partial charge is 0.457 e. The van der Waals surface area contributed by atoms with E-state index >= 15 is 0 Å². The highest BCUT2D eigenvalue weighted by molar-refractivity contribution is 5.50. The molecule has 0 aliphatic carbocycles. The van der Waals surface area contributed by atoms with Crippen molar-refractivity contribution in [3.63, 3.8) is 0 Å². The Labute approximate surface area is 106 Å². The number of hydrogen-bond donors (Lipinski definition) is 0. The van der Waals surface area contributed by atoms with Crippen LogP contribution in [-0.2, 0) is 16.1 Å². The van der Waals surface area contributed by atoms with E-state index in [1.54, 1.807) is 0 Å². The van der Waals surface area contributed by atoms with Crippen molar-refractivity contribution < 1.29 is 14.3 Å². The fourth-order valence-electron chi connectivity index (χ4n) is 1.55. The maximum atomic E-state index is 10.2. The van der Waals surface area contributed by atoms with Gasteiger partial charge in [0.25, 0.3) is 0 Å². The van der Waals surface area contributed by atoms with Crippen molar-refractivity contribution in [1.29, 1.82) is 0 Å². The highest BCUT2D eigenvalue weighted by atomic mass is 16.5. The molecule has 0 amide bonds. The summed E-state index contributed by atoms with van der Waals surface area (Å²) >= 11 is 0. The first-order chi connectivity index (χ1) is 8.88. The van der Waals surface area contributed by atoms with Gasteiger partial charge in [-0.15, -0.1) is 0 Å². The monoisotopic (exact) mass is 242 g/mol. The molecule has 0 fully saturated rings. The maximum absolute atomic E-state index is 10.2. The molecule has 18 heavy (non-hydrogen) atoms. The van der Waals surface area contributed by atoms with Crippen LogP contribution < -0.4 is 4.74 Å². The van der Waals surface area contributed by atoms with Crippen molar-refractivity contribution >= 4 is 6.29 Å². The Hall–Kier alpha value is -2.13. The van der Waals surface area contributed by atoms with Gasteiger partial charge in [-0.25, -0.2) is 0 Å². The van der Waals surface area contributed by atoms with E-state index in [9.17, 15) is 4.79 Å². The lowest BCUT2D eigenvalue weighted by molar-refractivity contribution is -0.112. The molecule has 92 valence electrons. The third kappa shape index (κ3) is 3.71. The van der Waals surface area contributed by atoms with Crippen LogP contribution >= 0.6 is 0 Å². The van der Waals surface area contributed by atoms with Gasteiger partial charge in [-0.1, -0.05) is 30.3 Å². The predicted octanol–water partition coefficient (Wildman–Crippen LogP) is 3.19. The second-order valence-corrected chi connectivity index (χ2v) is 3.74. The first kappa shape index (κ1) is 12.3. The zero-order valence-electron chi connectivity index (χ0n) is 9.91. The molecule has 0 heterocycles. The molecule has 2 rings (SSSR count). The van der Waals surface area contributed by atoms with E-state index in [1.807, 2.05) is 54.6 Å². The van der Waals surface area contributed by atoms with Gasteiger partial charge in [-0.2, -0.15) is 0 Å². The second kappa shape index (κ2) is 6.57. The van der Waals surface area contributed by atoms with Gasteiger partial charge in [-0.05, 0) is 29.8 Å². The summed E-state index contributed by atoms with van der Waals surface area (Å²) in [5.41, 5.74) is 0.977. The molecule has 0 saturated heterocycles. The zero-order chi connectivity index (χ0) is 12.6. The molecule has 0 unspecified atom stereocenters. The summed E-state index contributed by atoms with van der Waals surface area (Å²) in [5, 5.41) is 0. The Morgan fingerprint density at radius 3 is 2.50 bits per heavy atom. The fraction of sp³-hybridized carbons (Fsp3) is 0.133. The minimum absolute atomic E-state index is 0.115. The number of para-hydroxylation sites is 1. The summed E-state index contributed by atoms with van der Waals surface area (Å²) in [7, 11) is 0. The van der Waals surface area contributed by atoms with Crippen molar-refractivity contribution in [1.82, 2.24) is 0 Å². The average molecular weight is 242 g/mol. The molecule has 3 heteroatoms. The number of rotatable bonds is 6. The predicted molar refractivity (Wildman–Crippen MR) is 68.7 cm³/mol. The van der Waals surface area contributed by atoms with Crippen molar-refractivity contribution in [2.75, 3.05) is 6.61 Å². The molecule has 0 saturated carbocycles. The first-order valence-corrected chi connectivity index (χ1v) is 5.72. The van der Waals surface area contributed by atoms with Crippen LogP contribution in [0.15, 0.2) is 54.6 Å². The molecule has 0 radical (unpaired) electrons. The Morgan fingerprint density at radius 1 is 0.944 bits per heavy atom. The number of hydrogen-bond acceptors (Lipinski definition) is 3. The molecule has 2 aromatic carbocycles. The second-order valence-electron chi connectivity index (χ2n) is 3.74. The third-order valence-corrected chi connectivity index (χ3v) is 2.33. The van der Waals surface area contributed by atoms with Crippen LogP contribution in [0.4, 0.5) is 0 Å². The van der Waals surface area contributed by atoms with Crippen LogP contribution in [0.1, 0.15) is 5.56 Å². The summed E-state index contributed by atoms with van der Waals surface area (Å²) in [5.74, 6) is 1.55. The number of ether oxygens (including phenoxy) is 2. The van der Waals surface area contributed by atoms with Crippen LogP contribution in [-0.4, -0.2) is 12.9 Å². The Balaban J connectivity index is 2.01. The van der Waals surface area contributed by atoms with Gasteiger partial charge in [0.15, 0.2) is 0 Å². The molecular formula is C15H14O3. The van der Waals surface area contributed by atoms with E-state index in [4.69, 9.17) is 9.47 Å². The summed E-state index contributed by atoms with van der Waals surface area (Å²) < 4.78 is 10.9. The summed E-state index contributed by atoms with van der Waals surface area (Å²) in [4.78, 5) is 10.2. The normalized spacial score (nSPS) is 10.0. The van der Waals surface area contributed by atoms with E-state index in [0.29, 0.717) is 6.61 Å². The Kier molecular flexibility index (Phi) is 4.50. The molecule has 0 spiro atoms. The molecule has 3 nitrogen and oxygen atoms in total. The van der Waals surface area contributed by atoms with Gasteiger partial charge in [0.1, 0.15) is 24.4 Å². The van der Waals surface area contributed by atoms with Gasteiger partial charge >= 0.3 is 0 Å². The molecule has 0 N–H and O–H groups in total. The Bertz CT molecular complexity index is 494. The van der Waals surface area contributed by atoms with Crippen molar-refractivity contribution in [3.8, 4) is 11.5 Å². The molecule has 0 aromatic heterocycles. The van der Waals surface area contributed by atoms with Crippen LogP contribution in [0.25, 0.3) is 0 Å². The lowest BCUT2D eigenvalue weighted by Crippen LogP contribution is -1.96. The minimum atomic E-state index is 0.115. The van der Waals surface area contributed by atoms with Gasteiger partial charge in [0.2, 0.25) is 0 Å². The number of benzene rings is 2. The quantitative estimate of drug-likeness (QED) is 0.576. The lowest BCUT2D eigenvalue weighted by atomic mass is 10.2. The molecular weight excluding hydrogens is 228 g/mol. The highest BCUT2D eigenvalue weighted by Crippen LogP contribution is 2.21. The van der Waals surface area contributed by atoms with Gasteiger partial charge in [-0.3, -0.25) is 0 Å². The maximum Gasteiger partial charge on any atom is 0.145 e. The number of carbonyl (C=O) groups excluding carboxylic acids is 1. The average Bonchev–Trinajstić information content (AvgIpc) is 2.41. The smallest absolute Gasteiger partial charge is 0.145 e. The summed E-state index contributed by atoms with van der Waals surface area (Å²) in [6.45, 7) is 0.522. The number of carbonyl (C=O) groups is 1. The van der Waals surface area contributed by atoms with Crippen molar-refractivity contribution in [3.05, 3.63) is 60.2 Å². The topological polar surface area (TPSA) is 35.5 Å². The SMILES string of the molecule is O=CCOCc1cccc(Oc2ccccc2)c1. The molecule has 0 bridgehead atoms. The van der Waals surface area contributed by atoms with E-state index < -0.39 is 0 Å². The number of aldehydes is 1. The van der Waals surface area contributed by atoms with Crippen molar-refractivity contribution in [2.24, 2.45) is 0 Å². The molecule has 0 aliphatic rings. The summed E-state index contributed by atoms with van der Waals surface area (Å²) in [6.07, 6.45) is 0.740. The highest BCUT2D eigenvalue weighted by Gasteiger charge is 1.99. The van der Waals surface area contributed by atoms with Crippen LogP contribution in [0.3, 0.4) is 0 Å². The lowest BCUT2D eigenvalue weighted by Gasteiger charge is -2.07. The molecule has 2 aromatic rings. The molecule has 0 atom stereocenters. The van der Waals surface area contributed by atoms with E-state index in [1.165, 1.54) is 0 Å². The molecule has 0 aliphatic heterocycles. The van der Waals surface area contributed by atoms with Gasteiger partial charge in [0, 0.05) is 0 Å². The zero-order valence-corrected chi connectivity index (χ0v) is 9.91. The van der Waals surface area contributed by atoms with E-state index in [0.717, 1.165) is 23.3 Å². The fourth-order valence-corrected chi connectivity index (χ4v) is 1.55. The summed E-state index contributed by atoms with van der Waals surface area (Å²) in [6, 6.07) is 17.2. The van der Waals surface area contributed by atoms with E-state index in [-0.39, 0.29) is 6.61 Å². The Morgan fingerprint density at radius 2 is 1.72 bits per heavy atom. The minimum Gasteiger partial charge on any atom is -0.457 e. The standard InChI is InChI=1S/C15H14O3/c16-9-10-17-12-13-5-4-8-15(11-13)18-14-6-2-1-3-7-14/h1-9,11H,10,12H2. The third-order valence-electron chi connectivity index (χ3n) is 2.33. The van der Waals surface area contributed by atoms with Crippen molar-refractivity contribution in [2.45, 2.75) is 6.61 Å². The first-order valence-electron chi connectivity index (χ1n) is 5.72. The van der Waals surface area contributed by atoms with Crippen LogP contribution in [0.2, 0.25) is 0 Å². The van der Waals surface area contributed by atoms with E-state index in [2.05, 4.69) is 0 Å².